The Morgan fingerprint density at radius 3 is 2.93 bits per heavy atom. The Hall–Kier alpha value is -2.04. The number of carbonyl (C=O) groups excluding carboxylic acids is 1. The molecule has 5 heteroatoms. The molecule has 74 valence electrons. The van der Waals surface area contributed by atoms with Crippen LogP contribution in [-0.2, 0) is 4.79 Å². The third-order valence-corrected chi connectivity index (χ3v) is 1.54. The molecule has 0 saturated carbocycles. The van der Waals surface area contributed by atoms with Crippen molar-refractivity contribution in [1.29, 1.82) is 0 Å². The van der Waals surface area contributed by atoms with E-state index in [1.807, 2.05) is 0 Å². The Morgan fingerprint density at radius 2 is 2.29 bits per heavy atom. The molecular weight excluding hydrogens is 184 g/mol. The van der Waals surface area contributed by atoms with E-state index in [2.05, 4.69) is 10.5 Å². The maximum atomic E-state index is 11.0. The third kappa shape index (κ3) is 2.48. The summed E-state index contributed by atoms with van der Waals surface area (Å²) in [4.78, 5) is 11.0. The number of oxime groups is 1. The number of hydrogen-bond acceptors (Lipinski definition) is 4. The van der Waals surface area contributed by atoms with Gasteiger partial charge in [-0.15, -0.1) is 0 Å². The highest BCUT2D eigenvalue weighted by Gasteiger charge is 2.03. The molecule has 0 aliphatic carbocycles. The average Bonchev–Trinajstić information content (AvgIpc) is 2.19. The van der Waals surface area contributed by atoms with Gasteiger partial charge in [-0.2, -0.15) is 0 Å². The van der Waals surface area contributed by atoms with Crippen LogP contribution in [0, 0.1) is 0 Å². The van der Waals surface area contributed by atoms with Crippen molar-refractivity contribution in [3.63, 3.8) is 0 Å². The summed E-state index contributed by atoms with van der Waals surface area (Å²) in [5.41, 5.74) is 0.528. The maximum Gasteiger partial charge on any atom is 0.270 e. The van der Waals surface area contributed by atoms with Crippen molar-refractivity contribution in [2.75, 3.05) is 12.4 Å². The van der Waals surface area contributed by atoms with E-state index in [9.17, 15) is 4.79 Å². The summed E-state index contributed by atoms with van der Waals surface area (Å²) in [7, 11) is 1.51. The molecule has 0 fully saturated rings. The summed E-state index contributed by atoms with van der Waals surface area (Å²) >= 11 is 0. The lowest BCUT2D eigenvalue weighted by Gasteiger charge is -2.07. The van der Waals surface area contributed by atoms with Gasteiger partial charge in [0.2, 0.25) is 0 Å². The first kappa shape index (κ1) is 10.0. The van der Waals surface area contributed by atoms with Crippen LogP contribution in [0.25, 0.3) is 0 Å². The van der Waals surface area contributed by atoms with Gasteiger partial charge in [0, 0.05) is 0 Å². The second-order valence-corrected chi connectivity index (χ2v) is 2.43. The van der Waals surface area contributed by atoms with E-state index in [4.69, 9.17) is 9.94 Å². The molecule has 5 nitrogen and oxygen atoms in total. The molecule has 1 rings (SSSR count). The minimum Gasteiger partial charge on any atom is -0.495 e. The predicted molar refractivity (Wildman–Crippen MR) is 51.9 cm³/mol. The summed E-state index contributed by atoms with van der Waals surface area (Å²) < 4.78 is 5.00. The van der Waals surface area contributed by atoms with Crippen molar-refractivity contribution >= 4 is 17.8 Å². The zero-order valence-corrected chi connectivity index (χ0v) is 7.60. The Kier molecular flexibility index (Phi) is 3.49. The molecule has 2 N–H and O–H groups in total. The summed E-state index contributed by atoms with van der Waals surface area (Å²) in [6.07, 6.45) is 0.770. The molecule has 0 aliphatic rings. The predicted octanol–water partition coefficient (Wildman–Crippen LogP) is 1.09. The number of anilines is 1. The highest BCUT2D eigenvalue weighted by molar-refractivity contribution is 6.31. The highest BCUT2D eigenvalue weighted by atomic mass is 16.5. The number of hydrogen-bond donors (Lipinski definition) is 2. The van der Waals surface area contributed by atoms with E-state index in [1.54, 1.807) is 24.3 Å². The maximum absolute atomic E-state index is 11.0. The van der Waals surface area contributed by atoms with E-state index < -0.39 is 5.91 Å². The molecule has 0 radical (unpaired) electrons. The lowest BCUT2D eigenvalue weighted by atomic mass is 10.3. The largest absolute Gasteiger partial charge is 0.495 e. The number of amides is 1. The van der Waals surface area contributed by atoms with Crippen molar-refractivity contribution < 1.29 is 14.7 Å². The third-order valence-electron chi connectivity index (χ3n) is 1.54. The number of rotatable bonds is 3. The number of para-hydroxylation sites is 2. The summed E-state index contributed by atoms with van der Waals surface area (Å²) in [6.45, 7) is 0. The zero-order chi connectivity index (χ0) is 10.4. The van der Waals surface area contributed by atoms with Crippen molar-refractivity contribution in [2.45, 2.75) is 0 Å². The van der Waals surface area contributed by atoms with Crippen LogP contribution in [-0.4, -0.2) is 24.4 Å². The topological polar surface area (TPSA) is 70.9 Å². The molecule has 1 amide bonds. The second-order valence-electron chi connectivity index (χ2n) is 2.43. The van der Waals surface area contributed by atoms with Crippen LogP contribution in [0.3, 0.4) is 0 Å². The Balaban J connectivity index is 2.80. The van der Waals surface area contributed by atoms with E-state index in [1.165, 1.54) is 7.11 Å². The highest BCUT2D eigenvalue weighted by Crippen LogP contribution is 2.22. The summed E-state index contributed by atoms with van der Waals surface area (Å²) in [5.74, 6) is 0.0317. The molecule has 1 aromatic rings. The molecule has 0 spiro atoms. The van der Waals surface area contributed by atoms with Gasteiger partial charge in [0.05, 0.1) is 12.8 Å². The number of nitrogens with one attached hydrogen (secondary N) is 1. The van der Waals surface area contributed by atoms with Crippen LogP contribution >= 0.6 is 0 Å². The molecule has 0 bridgehead atoms. The number of methoxy groups -OCH3 is 1. The number of nitrogens with zero attached hydrogens (tertiary/aromatic N) is 1. The van der Waals surface area contributed by atoms with Gasteiger partial charge >= 0.3 is 0 Å². The molecule has 0 unspecified atom stereocenters. The smallest absolute Gasteiger partial charge is 0.270 e. The minimum atomic E-state index is -0.517. The first-order valence-corrected chi connectivity index (χ1v) is 3.89. The number of ether oxygens (including phenoxy) is 1. The lowest BCUT2D eigenvalue weighted by Crippen LogP contribution is -2.13. The first-order valence-electron chi connectivity index (χ1n) is 3.89. The van der Waals surface area contributed by atoms with Crippen LogP contribution in [0.4, 0.5) is 5.69 Å². The normalized spacial score (nSPS) is 10.1. The molecule has 0 aromatic heterocycles. The Labute approximate surface area is 81.0 Å². The quantitative estimate of drug-likeness (QED) is 0.430. The number of benzene rings is 1. The second kappa shape index (κ2) is 4.86. The van der Waals surface area contributed by atoms with Crippen molar-refractivity contribution in [2.24, 2.45) is 5.16 Å². The van der Waals surface area contributed by atoms with E-state index >= 15 is 0 Å². The standard InChI is InChI=1S/C9H10N2O3/c1-14-8-5-3-2-4-7(8)11-9(12)6-10-13/h2-6,13H,1H3,(H,11,12). The molecular formula is C9H10N2O3. The van der Waals surface area contributed by atoms with Gasteiger partial charge in [-0.3, -0.25) is 4.79 Å². The van der Waals surface area contributed by atoms with E-state index in [0.29, 0.717) is 11.4 Å². The summed E-state index contributed by atoms with van der Waals surface area (Å²) in [5, 5.41) is 13.2. The fraction of sp³-hybridized carbons (Fsp3) is 0.111. The summed E-state index contributed by atoms with van der Waals surface area (Å²) in [6, 6.07) is 6.94. The van der Waals surface area contributed by atoms with Gasteiger partial charge in [-0.25, -0.2) is 0 Å². The van der Waals surface area contributed by atoms with Gasteiger partial charge in [0.1, 0.15) is 12.0 Å². The van der Waals surface area contributed by atoms with Gasteiger partial charge < -0.3 is 15.3 Å². The van der Waals surface area contributed by atoms with Gasteiger partial charge in [0.25, 0.3) is 5.91 Å². The average molecular weight is 194 g/mol. The van der Waals surface area contributed by atoms with Crippen molar-refractivity contribution in [1.82, 2.24) is 0 Å². The Bertz CT molecular complexity index is 350. The van der Waals surface area contributed by atoms with Crippen LogP contribution in [0.2, 0.25) is 0 Å². The molecule has 1 aromatic carbocycles. The lowest BCUT2D eigenvalue weighted by molar-refractivity contribution is -0.110. The van der Waals surface area contributed by atoms with Crippen molar-refractivity contribution in [3.8, 4) is 5.75 Å². The minimum absolute atomic E-state index is 0.517. The fourth-order valence-corrected chi connectivity index (χ4v) is 0.965. The van der Waals surface area contributed by atoms with E-state index in [-0.39, 0.29) is 0 Å². The molecule has 0 saturated heterocycles. The number of carbonyl (C=O) groups is 1. The van der Waals surface area contributed by atoms with Gasteiger partial charge in [0.15, 0.2) is 0 Å². The molecule has 14 heavy (non-hydrogen) atoms. The van der Waals surface area contributed by atoms with Crippen molar-refractivity contribution in [3.05, 3.63) is 24.3 Å². The van der Waals surface area contributed by atoms with Crippen LogP contribution in [0.15, 0.2) is 29.4 Å². The monoisotopic (exact) mass is 194 g/mol. The van der Waals surface area contributed by atoms with Crippen LogP contribution in [0.1, 0.15) is 0 Å². The zero-order valence-electron chi connectivity index (χ0n) is 7.60. The van der Waals surface area contributed by atoms with E-state index in [0.717, 1.165) is 6.21 Å². The van der Waals surface area contributed by atoms with Crippen LogP contribution in [0.5, 0.6) is 5.75 Å². The van der Waals surface area contributed by atoms with Crippen LogP contribution < -0.4 is 10.1 Å². The molecule has 0 aliphatic heterocycles. The molecule has 0 heterocycles. The SMILES string of the molecule is COc1ccccc1NC(=O)C=NO. The first-order chi connectivity index (χ1) is 6.77. The Morgan fingerprint density at radius 1 is 1.57 bits per heavy atom. The van der Waals surface area contributed by atoms with Gasteiger partial charge in [-0.1, -0.05) is 17.3 Å². The fourth-order valence-electron chi connectivity index (χ4n) is 0.965. The molecule has 0 atom stereocenters. The van der Waals surface area contributed by atoms with Gasteiger partial charge in [-0.05, 0) is 12.1 Å².